The fraction of sp³-hybridized carbons (Fsp3) is 0.500. The smallest absolute Gasteiger partial charge is 0.0314 e. The maximum Gasteiger partial charge on any atom is 0.0314 e. The third-order valence-electron chi connectivity index (χ3n) is 5.87. The van der Waals surface area contributed by atoms with Crippen LogP contribution in [0.5, 0.6) is 0 Å². The van der Waals surface area contributed by atoms with Gasteiger partial charge in [0, 0.05) is 5.69 Å². The Morgan fingerprint density at radius 3 is 2.08 bits per heavy atom. The van der Waals surface area contributed by atoms with Gasteiger partial charge < -0.3 is 5.73 Å². The molecule has 134 valence electrons. The van der Waals surface area contributed by atoms with Crippen LogP contribution >= 0.6 is 0 Å². The molecule has 0 unspecified atom stereocenters. The van der Waals surface area contributed by atoms with Gasteiger partial charge in [-0.15, -0.1) is 0 Å². The first-order valence-corrected chi connectivity index (χ1v) is 10.2. The Labute approximate surface area is 153 Å². The Kier molecular flexibility index (Phi) is 6.55. The molecule has 1 fully saturated rings. The van der Waals surface area contributed by atoms with Crippen molar-refractivity contribution in [2.75, 3.05) is 5.73 Å². The van der Waals surface area contributed by atoms with Crippen molar-refractivity contribution in [2.24, 2.45) is 5.92 Å². The van der Waals surface area contributed by atoms with Crippen LogP contribution < -0.4 is 5.73 Å². The van der Waals surface area contributed by atoms with Crippen LogP contribution in [0.25, 0.3) is 0 Å². The minimum Gasteiger partial charge on any atom is -0.399 e. The molecule has 3 rings (SSSR count). The second kappa shape index (κ2) is 9.08. The number of nitrogens with two attached hydrogens (primary N) is 1. The van der Waals surface area contributed by atoms with Crippen LogP contribution in [0.3, 0.4) is 0 Å². The monoisotopic (exact) mass is 335 g/mol. The van der Waals surface area contributed by atoms with Crippen molar-refractivity contribution in [3.8, 4) is 0 Å². The third kappa shape index (κ3) is 5.36. The van der Waals surface area contributed by atoms with Crippen LogP contribution in [-0.4, -0.2) is 0 Å². The zero-order valence-corrected chi connectivity index (χ0v) is 15.7. The first-order valence-electron chi connectivity index (χ1n) is 10.2. The van der Waals surface area contributed by atoms with E-state index in [0.29, 0.717) is 0 Å². The summed E-state index contributed by atoms with van der Waals surface area (Å²) < 4.78 is 0. The van der Waals surface area contributed by atoms with E-state index in [1.54, 1.807) is 0 Å². The molecule has 1 aliphatic carbocycles. The number of anilines is 1. The molecule has 0 saturated heterocycles. The van der Waals surface area contributed by atoms with E-state index < -0.39 is 0 Å². The van der Waals surface area contributed by atoms with Crippen LogP contribution in [0.4, 0.5) is 5.69 Å². The van der Waals surface area contributed by atoms with E-state index in [2.05, 4.69) is 43.3 Å². The van der Waals surface area contributed by atoms with Crippen molar-refractivity contribution in [3.05, 3.63) is 65.2 Å². The third-order valence-corrected chi connectivity index (χ3v) is 5.87. The van der Waals surface area contributed by atoms with Crippen LogP contribution in [-0.2, 0) is 12.8 Å². The molecule has 2 N–H and O–H groups in total. The van der Waals surface area contributed by atoms with Gasteiger partial charge in [0.1, 0.15) is 0 Å². The van der Waals surface area contributed by atoms with E-state index in [1.807, 2.05) is 12.1 Å². The van der Waals surface area contributed by atoms with Gasteiger partial charge in [0.05, 0.1) is 0 Å². The Balaban J connectivity index is 1.46. The molecule has 0 bridgehead atoms. The molecule has 1 aliphatic rings. The molecule has 25 heavy (non-hydrogen) atoms. The summed E-state index contributed by atoms with van der Waals surface area (Å²) in [5, 5.41) is 0. The largest absolute Gasteiger partial charge is 0.399 e. The SMILES string of the molecule is CCCCCc1ccc(CC2CCC(c3ccc(N)cc3)CC2)cc1. The molecule has 2 aromatic rings. The summed E-state index contributed by atoms with van der Waals surface area (Å²) >= 11 is 0. The first kappa shape index (κ1) is 18.0. The average Bonchev–Trinajstić information content (AvgIpc) is 2.65. The Bertz CT molecular complexity index is 618. The van der Waals surface area contributed by atoms with Gasteiger partial charge in [-0.05, 0) is 85.6 Å². The quantitative estimate of drug-likeness (QED) is 0.452. The topological polar surface area (TPSA) is 26.0 Å². The number of hydrogen-bond acceptors (Lipinski definition) is 1. The fourth-order valence-corrected chi connectivity index (χ4v) is 4.22. The highest BCUT2D eigenvalue weighted by Crippen LogP contribution is 2.37. The van der Waals surface area contributed by atoms with E-state index >= 15 is 0 Å². The lowest BCUT2D eigenvalue weighted by atomic mass is 9.76. The van der Waals surface area contributed by atoms with Gasteiger partial charge in [-0.2, -0.15) is 0 Å². The van der Waals surface area contributed by atoms with Crippen LogP contribution in [0.1, 0.15) is 74.5 Å². The average molecular weight is 336 g/mol. The molecule has 1 heteroatoms. The lowest BCUT2D eigenvalue weighted by molar-refractivity contribution is 0.324. The normalized spacial score (nSPS) is 20.5. The first-order chi connectivity index (χ1) is 12.2. The van der Waals surface area contributed by atoms with Gasteiger partial charge >= 0.3 is 0 Å². The number of rotatable bonds is 7. The van der Waals surface area contributed by atoms with Gasteiger partial charge in [0.15, 0.2) is 0 Å². The summed E-state index contributed by atoms with van der Waals surface area (Å²) in [5.41, 5.74) is 11.2. The summed E-state index contributed by atoms with van der Waals surface area (Å²) in [6.07, 6.45) is 11.8. The summed E-state index contributed by atoms with van der Waals surface area (Å²) in [6, 6.07) is 18.0. The molecule has 0 atom stereocenters. The minimum atomic E-state index is 0.734. The van der Waals surface area contributed by atoms with E-state index in [9.17, 15) is 0 Å². The van der Waals surface area contributed by atoms with Crippen molar-refractivity contribution in [1.29, 1.82) is 0 Å². The standard InChI is InChI=1S/C24H33N/c1-2-3-4-5-19-6-8-20(9-7-19)18-21-10-12-22(13-11-21)23-14-16-24(25)17-15-23/h6-9,14-17,21-22H,2-5,10-13,18,25H2,1H3. The molecule has 0 radical (unpaired) electrons. The molecular formula is C24H33N. The Hall–Kier alpha value is -1.76. The van der Waals surface area contributed by atoms with Gasteiger partial charge in [-0.3, -0.25) is 0 Å². The molecular weight excluding hydrogens is 302 g/mol. The van der Waals surface area contributed by atoms with Crippen LogP contribution in [0, 0.1) is 5.92 Å². The molecule has 1 saturated carbocycles. The lowest BCUT2D eigenvalue weighted by Gasteiger charge is -2.29. The number of nitrogen functional groups attached to an aromatic ring is 1. The summed E-state index contributed by atoms with van der Waals surface area (Å²) in [5.74, 6) is 1.59. The molecule has 0 aliphatic heterocycles. The zero-order valence-electron chi connectivity index (χ0n) is 15.7. The van der Waals surface area contributed by atoms with Gasteiger partial charge in [-0.25, -0.2) is 0 Å². The Morgan fingerprint density at radius 2 is 1.44 bits per heavy atom. The van der Waals surface area contributed by atoms with Crippen molar-refractivity contribution < 1.29 is 0 Å². The predicted molar refractivity (Wildman–Crippen MR) is 109 cm³/mol. The number of hydrogen-bond donors (Lipinski definition) is 1. The highest BCUT2D eigenvalue weighted by Gasteiger charge is 2.22. The number of benzene rings is 2. The molecule has 0 spiro atoms. The van der Waals surface area contributed by atoms with E-state index in [-0.39, 0.29) is 0 Å². The maximum atomic E-state index is 5.81. The molecule has 0 amide bonds. The van der Waals surface area contributed by atoms with Gasteiger partial charge in [0.25, 0.3) is 0 Å². The summed E-state index contributed by atoms with van der Waals surface area (Å²) in [7, 11) is 0. The molecule has 0 aromatic heterocycles. The fourth-order valence-electron chi connectivity index (χ4n) is 4.22. The highest BCUT2D eigenvalue weighted by molar-refractivity contribution is 5.40. The zero-order chi connectivity index (χ0) is 17.5. The van der Waals surface area contributed by atoms with Crippen molar-refractivity contribution in [1.82, 2.24) is 0 Å². The van der Waals surface area contributed by atoms with Crippen LogP contribution in [0.2, 0.25) is 0 Å². The number of aryl methyl sites for hydroxylation is 1. The lowest BCUT2D eigenvalue weighted by Crippen LogP contribution is -2.15. The van der Waals surface area contributed by atoms with Crippen molar-refractivity contribution in [2.45, 2.75) is 70.6 Å². The summed E-state index contributed by atoms with van der Waals surface area (Å²) in [4.78, 5) is 0. The predicted octanol–water partition coefficient (Wildman–Crippen LogP) is 6.52. The second-order valence-electron chi connectivity index (χ2n) is 7.86. The van der Waals surface area contributed by atoms with Gasteiger partial charge in [-0.1, -0.05) is 56.2 Å². The maximum absolute atomic E-state index is 5.81. The van der Waals surface area contributed by atoms with E-state index in [0.717, 1.165) is 17.5 Å². The van der Waals surface area contributed by atoms with Crippen molar-refractivity contribution >= 4 is 5.69 Å². The molecule has 2 aromatic carbocycles. The second-order valence-corrected chi connectivity index (χ2v) is 7.86. The Morgan fingerprint density at radius 1 is 0.800 bits per heavy atom. The minimum absolute atomic E-state index is 0.734. The highest BCUT2D eigenvalue weighted by atomic mass is 14.5. The molecule has 1 nitrogen and oxygen atoms in total. The number of unbranched alkanes of at least 4 members (excludes halogenated alkanes) is 2. The van der Waals surface area contributed by atoms with Crippen LogP contribution in [0.15, 0.2) is 48.5 Å². The molecule has 0 heterocycles. The summed E-state index contributed by atoms with van der Waals surface area (Å²) in [6.45, 7) is 2.27. The van der Waals surface area contributed by atoms with E-state index in [1.165, 1.54) is 74.5 Å². The van der Waals surface area contributed by atoms with Crippen molar-refractivity contribution in [3.63, 3.8) is 0 Å². The van der Waals surface area contributed by atoms with E-state index in [4.69, 9.17) is 5.73 Å². The van der Waals surface area contributed by atoms with Gasteiger partial charge in [0.2, 0.25) is 0 Å².